The van der Waals surface area contributed by atoms with E-state index in [1.54, 1.807) is 6.20 Å². The van der Waals surface area contributed by atoms with Crippen LogP contribution in [0.3, 0.4) is 0 Å². The Morgan fingerprint density at radius 3 is 2.80 bits per heavy atom. The molecule has 20 heavy (non-hydrogen) atoms. The molecule has 4 rings (SSSR count). The number of fused-ring (bicyclic) bond motifs is 2. The van der Waals surface area contributed by atoms with E-state index in [9.17, 15) is 0 Å². The van der Waals surface area contributed by atoms with Gasteiger partial charge in [-0.25, -0.2) is 0 Å². The minimum atomic E-state index is 0.605. The van der Waals surface area contributed by atoms with Crippen molar-refractivity contribution in [2.75, 3.05) is 18.0 Å². The van der Waals surface area contributed by atoms with Gasteiger partial charge in [0, 0.05) is 31.2 Å². The average molecular weight is 267 g/mol. The summed E-state index contributed by atoms with van der Waals surface area (Å²) in [7, 11) is 0. The molecule has 0 radical (unpaired) electrons. The zero-order valence-electron chi connectivity index (χ0n) is 11.2. The highest BCUT2D eigenvalue weighted by atomic mass is 16.5. The molecule has 2 aliphatic rings. The number of benzene rings is 1. The van der Waals surface area contributed by atoms with Gasteiger partial charge in [0.1, 0.15) is 11.5 Å². The zero-order valence-corrected chi connectivity index (χ0v) is 11.2. The van der Waals surface area contributed by atoms with Gasteiger partial charge in [-0.15, -0.1) is 0 Å². The number of rotatable bonds is 3. The van der Waals surface area contributed by atoms with Crippen LogP contribution < -0.4 is 15.0 Å². The molecule has 2 aliphatic heterocycles. The van der Waals surface area contributed by atoms with Crippen LogP contribution in [0.2, 0.25) is 0 Å². The number of hydrogen-bond donors (Lipinski definition) is 1. The Balaban J connectivity index is 1.56. The number of aromatic nitrogens is 1. The smallest absolute Gasteiger partial charge is 0.147 e. The second-order valence-electron chi connectivity index (χ2n) is 5.44. The highest BCUT2D eigenvalue weighted by Gasteiger charge is 2.37. The number of hydrogen-bond acceptors (Lipinski definition) is 4. The fourth-order valence-electron chi connectivity index (χ4n) is 3.12. The van der Waals surface area contributed by atoms with Crippen LogP contribution in [0.4, 0.5) is 5.69 Å². The third-order valence-corrected chi connectivity index (χ3v) is 4.07. The van der Waals surface area contributed by atoms with Crippen molar-refractivity contribution in [3.63, 3.8) is 0 Å². The lowest BCUT2D eigenvalue weighted by atomic mass is 10.2. The second kappa shape index (κ2) is 4.80. The van der Waals surface area contributed by atoms with E-state index in [-0.39, 0.29) is 0 Å². The molecule has 0 aliphatic carbocycles. The molecule has 2 fully saturated rings. The highest BCUT2D eigenvalue weighted by Crippen LogP contribution is 2.31. The molecule has 0 saturated carbocycles. The summed E-state index contributed by atoms with van der Waals surface area (Å²) in [4.78, 5) is 6.76. The van der Waals surface area contributed by atoms with Crippen molar-refractivity contribution in [2.45, 2.75) is 18.5 Å². The van der Waals surface area contributed by atoms with Gasteiger partial charge in [0.2, 0.25) is 0 Å². The molecule has 4 heteroatoms. The third kappa shape index (κ3) is 2.12. The monoisotopic (exact) mass is 267 g/mol. The molecule has 2 atom stereocenters. The molecule has 4 nitrogen and oxygen atoms in total. The maximum absolute atomic E-state index is 5.85. The van der Waals surface area contributed by atoms with E-state index in [0.717, 1.165) is 30.3 Å². The van der Waals surface area contributed by atoms with Crippen molar-refractivity contribution < 1.29 is 4.74 Å². The quantitative estimate of drug-likeness (QED) is 0.926. The molecular weight excluding hydrogens is 250 g/mol. The van der Waals surface area contributed by atoms with Crippen molar-refractivity contribution in [2.24, 2.45) is 0 Å². The summed E-state index contributed by atoms with van der Waals surface area (Å²) >= 11 is 0. The Bertz CT molecular complexity index is 602. The largest absolute Gasteiger partial charge is 0.456 e. The lowest BCUT2D eigenvalue weighted by Gasteiger charge is -2.29. The van der Waals surface area contributed by atoms with Gasteiger partial charge in [0.05, 0.1) is 18.1 Å². The van der Waals surface area contributed by atoms with Crippen molar-refractivity contribution in [3.8, 4) is 11.5 Å². The SMILES string of the molecule is c1ccc(Oc2cncc(N3C[C@@H]4C[C@H]3CN4)c2)cc1. The fraction of sp³-hybridized carbons (Fsp3) is 0.312. The first kappa shape index (κ1) is 11.7. The first-order valence-corrected chi connectivity index (χ1v) is 7.06. The Kier molecular flexibility index (Phi) is 2.81. The number of piperazine rings is 1. The van der Waals surface area contributed by atoms with E-state index < -0.39 is 0 Å². The molecule has 2 saturated heterocycles. The van der Waals surface area contributed by atoms with E-state index in [4.69, 9.17) is 4.74 Å². The normalized spacial score (nSPS) is 24.1. The molecule has 1 aromatic heterocycles. The van der Waals surface area contributed by atoms with Gasteiger partial charge in [0.15, 0.2) is 0 Å². The molecule has 102 valence electrons. The minimum absolute atomic E-state index is 0.605. The van der Waals surface area contributed by atoms with Gasteiger partial charge >= 0.3 is 0 Å². The van der Waals surface area contributed by atoms with E-state index in [2.05, 4.69) is 21.3 Å². The van der Waals surface area contributed by atoms with Gasteiger partial charge < -0.3 is 15.0 Å². The second-order valence-corrected chi connectivity index (χ2v) is 5.44. The van der Waals surface area contributed by atoms with Crippen LogP contribution >= 0.6 is 0 Å². The van der Waals surface area contributed by atoms with Crippen molar-refractivity contribution >= 4 is 5.69 Å². The van der Waals surface area contributed by atoms with Crippen molar-refractivity contribution in [3.05, 3.63) is 48.8 Å². The molecule has 0 amide bonds. The standard InChI is InChI=1S/C16H17N3O/c1-2-4-15(5-3-1)20-16-7-14(8-17-10-16)19-11-12-6-13(19)9-18-12/h1-5,7-8,10,12-13,18H,6,9,11H2/t12-,13-/m0/s1. The summed E-state index contributed by atoms with van der Waals surface area (Å²) in [6, 6.07) is 13.2. The van der Waals surface area contributed by atoms with E-state index >= 15 is 0 Å². The van der Waals surface area contributed by atoms with Crippen LogP contribution in [0.25, 0.3) is 0 Å². The Morgan fingerprint density at radius 2 is 2.05 bits per heavy atom. The van der Waals surface area contributed by atoms with Gasteiger partial charge in [-0.05, 0) is 18.6 Å². The van der Waals surface area contributed by atoms with Crippen LogP contribution in [0.5, 0.6) is 11.5 Å². The van der Waals surface area contributed by atoms with Crippen LogP contribution in [0.1, 0.15) is 6.42 Å². The van der Waals surface area contributed by atoms with Crippen LogP contribution in [0, 0.1) is 0 Å². The summed E-state index contributed by atoms with van der Waals surface area (Å²) in [6.07, 6.45) is 4.94. The lowest BCUT2D eigenvalue weighted by molar-refractivity contribution is 0.479. The fourth-order valence-corrected chi connectivity index (χ4v) is 3.12. The summed E-state index contributed by atoms with van der Waals surface area (Å²) in [5.41, 5.74) is 1.16. The van der Waals surface area contributed by atoms with Crippen LogP contribution in [0.15, 0.2) is 48.8 Å². The maximum Gasteiger partial charge on any atom is 0.147 e. The first-order chi connectivity index (χ1) is 9.88. The molecule has 3 heterocycles. The van der Waals surface area contributed by atoms with Gasteiger partial charge in [-0.2, -0.15) is 0 Å². The van der Waals surface area contributed by atoms with E-state index in [0.29, 0.717) is 12.1 Å². The van der Waals surface area contributed by atoms with Gasteiger partial charge in [-0.1, -0.05) is 18.2 Å². The van der Waals surface area contributed by atoms with Crippen molar-refractivity contribution in [1.29, 1.82) is 0 Å². The molecule has 2 aromatic rings. The first-order valence-electron chi connectivity index (χ1n) is 7.06. The Hall–Kier alpha value is -2.07. The average Bonchev–Trinajstić information content (AvgIpc) is 3.11. The number of pyridine rings is 1. The number of anilines is 1. The number of nitrogens with zero attached hydrogens (tertiary/aromatic N) is 2. The molecule has 0 unspecified atom stereocenters. The lowest BCUT2D eigenvalue weighted by Crippen LogP contribution is -2.43. The van der Waals surface area contributed by atoms with Crippen molar-refractivity contribution in [1.82, 2.24) is 10.3 Å². The molecule has 2 bridgehead atoms. The van der Waals surface area contributed by atoms with Crippen LogP contribution in [-0.4, -0.2) is 30.2 Å². The minimum Gasteiger partial charge on any atom is -0.456 e. The highest BCUT2D eigenvalue weighted by molar-refractivity contribution is 5.52. The Morgan fingerprint density at radius 1 is 1.15 bits per heavy atom. The summed E-state index contributed by atoms with van der Waals surface area (Å²) in [6.45, 7) is 2.15. The summed E-state index contributed by atoms with van der Waals surface area (Å²) in [5.74, 6) is 1.64. The van der Waals surface area contributed by atoms with Gasteiger partial charge in [-0.3, -0.25) is 4.98 Å². The predicted molar refractivity (Wildman–Crippen MR) is 78.3 cm³/mol. The molecular formula is C16H17N3O. The summed E-state index contributed by atoms with van der Waals surface area (Å²) in [5, 5.41) is 3.52. The number of para-hydroxylation sites is 1. The number of ether oxygens (including phenoxy) is 1. The Labute approximate surface area is 118 Å². The summed E-state index contributed by atoms with van der Waals surface area (Å²) < 4.78 is 5.85. The predicted octanol–water partition coefficient (Wildman–Crippen LogP) is 2.42. The third-order valence-electron chi connectivity index (χ3n) is 4.07. The molecule has 1 aromatic carbocycles. The van der Waals surface area contributed by atoms with E-state index in [1.807, 2.05) is 36.5 Å². The van der Waals surface area contributed by atoms with Crippen LogP contribution in [-0.2, 0) is 0 Å². The van der Waals surface area contributed by atoms with Gasteiger partial charge in [0.25, 0.3) is 0 Å². The maximum atomic E-state index is 5.85. The van der Waals surface area contributed by atoms with E-state index in [1.165, 1.54) is 6.42 Å². The molecule has 1 N–H and O–H groups in total. The zero-order chi connectivity index (χ0) is 13.4. The number of nitrogens with one attached hydrogen (secondary N) is 1. The molecule has 0 spiro atoms. The topological polar surface area (TPSA) is 37.4 Å².